The van der Waals surface area contributed by atoms with E-state index < -0.39 is 5.92 Å². The van der Waals surface area contributed by atoms with Crippen LogP contribution in [0.2, 0.25) is 0 Å². The van der Waals surface area contributed by atoms with Gasteiger partial charge < -0.3 is 0 Å². The number of likely N-dealkylation sites (tertiary alicyclic amines) is 1. The Hall–Kier alpha value is 0.550. The molecule has 0 amide bonds. The van der Waals surface area contributed by atoms with Crippen molar-refractivity contribution in [2.45, 2.75) is 5.92 Å². The van der Waals surface area contributed by atoms with Gasteiger partial charge in [-0.15, -0.1) is 0 Å². The van der Waals surface area contributed by atoms with Crippen LogP contribution < -0.4 is 0 Å². The zero-order chi connectivity index (χ0) is 6.20. The smallest absolute Gasteiger partial charge is 0.272 e. The van der Waals surface area contributed by atoms with Gasteiger partial charge in [0.1, 0.15) is 0 Å². The van der Waals surface area contributed by atoms with Crippen LogP contribution in [0.5, 0.6) is 0 Å². The molecule has 8 heavy (non-hydrogen) atoms. The number of alkyl halides is 3. The van der Waals surface area contributed by atoms with Crippen molar-refractivity contribution in [2.24, 2.45) is 0 Å². The van der Waals surface area contributed by atoms with Crippen molar-refractivity contribution in [1.29, 1.82) is 0 Å². The first kappa shape index (κ1) is 6.67. The standard InChI is InChI=1S/C4H6F2IN/c5-4(6)1-8(2-4)3-7/h1-3H2. The molecule has 1 saturated heterocycles. The number of halogens is 3. The highest BCUT2D eigenvalue weighted by molar-refractivity contribution is 14.1. The second-order valence-corrected chi connectivity index (χ2v) is 2.64. The van der Waals surface area contributed by atoms with E-state index in [1.54, 1.807) is 4.90 Å². The van der Waals surface area contributed by atoms with Crippen LogP contribution in [-0.4, -0.2) is 28.5 Å². The van der Waals surface area contributed by atoms with Crippen molar-refractivity contribution in [3.63, 3.8) is 0 Å². The summed E-state index contributed by atoms with van der Waals surface area (Å²) in [5, 5.41) is 0. The highest BCUT2D eigenvalue weighted by Crippen LogP contribution is 2.26. The van der Waals surface area contributed by atoms with Gasteiger partial charge in [0.15, 0.2) is 0 Å². The molecule has 4 heteroatoms. The van der Waals surface area contributed by atoms with Gasteiger partial charge in [-0.2, -0.15) is 0 Å². The molecular weight excluding hydrogens is 227 g/mol. The van der Waals surface area contributed by atoms with E-state index in [2.05, 4.69) is 22.6 Å². The minimum Gasteiger partial charge on any atom is -0.282 e. The molecule has 0 N–H and O–H groups in total. The Labute approximate surface area is 60.2 Å². The number of hydrogen-bond donors (Lipinski definition) is 0. The van der Waals surface area contributed by atoms with Crippen molar-refractivity contribution in [2.75, 3.05) is 17.6 Å². The van der Waals surface area contributed by atoms with Crippen molar-refractivity contribution in [3.05, 3.63) is 0 Å². The molecule has 1 fully saturated rings. The van der Waals surface area contributed by atoms with Crippen LogP contribution >= 0.6 is 22.6 Å². The molecule has 0 bridgehead atoms. The highest BCUT2D eigenvalue weighted by atomic mass is 127. The molecule has 1 rings (SSSR count). The fourth-order valence-corrected chi connectivity index (χ4v) is 1.17. The molecule has 0 aromatic rings. The first-order valence-corrected chi connectivity index (χ1v) is 3.83. The summed E-state index contributed by atoms with van der Waals surface area (Å²) >= 11 is 2.07. The lowest BCUT2D eigenvalue weighted by Crippen LogP contribution is -2.55. The summed E-state index contributed by atoms with van der Waals surface area (Å²) in [5.41, 5.74) is 0. The van der Waals surface area contributed by atoms with Crippen molar-refractivity contribution in [1.82, 2.24) is 4.90 Å². The average Bonchev–Trinajstić information content (AvgIpc) is 1.60. The van der Waals surface area contributed by atoms with Gasteiger partial charge in [0.2, 0.25) is 0 Å². The summed E-state index contributed by atoms with van der Waals surface area (Å²) in [5.74, 6) is -2.38. The first-order chi connectivity index (χ1) is 3.64. The SMILES string of the molecule is FC1(F)CN(CI)C1. The van der Waals surface area contributed by atoms with E-state index in [1.165, 1.54) is 0 Å². The summed E-state index contributed by atoms with van der Waals surface area (Å²) < 4.78 is 24.6. The molecule has 1 aliphatic heterocycles. The van der Waals surface area contributed by atoms with E-state index in [1.807, 2.05) is 0 Å². The lowest BCUT2D eigenvalue weighted by Gasteiger charge is -2.37. The van der Waals surface area contributed by atoms with Crippen molar-refractivity contribution < 1.29 is 8.78 Å². The van der Waals surface area contributed by atoms with Gasteiger partial charge in [-0.05, 0) is 0 Å². The van der Waals surface area contributed by atoms with Crippen molar-refractivity contribution in [3.8, 4) is 0 Å². The van der Waals surface area contributed by atoms with Gasteiger partial charge in [0, 0.05) is 0 Å². The molecule has 1 aliphatic rings. The Morgan fingerprint density at radius 2 is 2.00 bits per heavy atom. The first-order valence-electron chi connectivity index (χ1n) is 2.30. The summed E-state index contributed by atoms with van der Waals surface area (Å²) in [6, 6.07) is 0. The zero-order valence-corrected chi connectivity index (χ0v) is 6.36. The Kier molecular flexibility index (Phi) is 1.71. The van der Waals surface area contributed by atoms with Crippen LogP contribution in [0.1, 0.15) is 0 Å². The maximum atomic E-state index is 11.9. The summed E-state index contributed by atoms with van der Waals surface area (Å²) in [4.78, 5) is 1.69. The van der Waals surface area contributed by atoms with Crippen LogP contribution in [0.3, 0.4) is 0 Å². The molecule has 0 saturated carbocycles. The third kappa shape index (κ3) is 1.28. The van der Waals surface area contributed by atoms with E-state index in [-0.39, 0.29) is 13.1 Å². The molecular formula is C4H6F2IN. The third-order valence-corrected chi connectivity index (χ3v) is 2.04. The Morgan fingerprint density at radius 1 is 1.50 bits per heavy atom. The van der Waals surface area contributed by atoms with Crippen LogP contribution in [-0.2, 0) is 0 Å². The van der Waals surface area contributed by atoms with Gasteiger partial charge in [-0.3, -0.25) is 4.90 Å². The van der Waals surface area contributed by atoms with E-state index in [0.29, 0.717) is 4.55 Å². The number of nitrogens with zero attached hydrogens (tertiary/aromatic N) is 1. The van der Waals surface area contributed by atoms with Crippen LogP contribution in [0, 0.1) is 0 Å². The molecule has 0 aromatic heterocycles. The molecule has 0 spiro atoms. The molecule has 0 atom stereocenters. The van der Waals surface area contributed by atoms with Crippen LogP contribution in [0.15, 0.2) is 0 Å². The van der Waals surface area contributed by atoms with Crippen molar-refractivity contribution >= 4 is 22.6 Å². The number of hydrogen-bond acceptors (Lipinski definition) is 1. The quantitative estimate of drug-likeness (QED) is 0.375. The van der Waals surface area contributed by atoms with E-state index in [9.17, 15) is 8.78 Å². The van der Waals surface area contributed by atoms with Gasteiger partial charge in [-0.1, -0.05) is 22.6 Å². The zero-order valence-electron chi connectivity index (χ0n) is 4.20. The molecule has 0 aromatic carbocycles. The van der Waals surface area contributed by atoms with E-state index in [4.69, 9.17) is 0 Å². The van der Waals surface area contributed by atoms with E-state index >= 15 is 0 Å². The Morgan fingerprint density at radius 3 is 2.12 bits per heavy atom. The highest BCUT2D eigenvalue weighted by Gasteiger charge is 2.42. The average molecular weight is 233 g/mol. The number of rotatable bonds is 1. The molecule has 0 radical (unpaired) electrons. The summed E-state index contributed by atoms with van der Waals surface area (Å²) in [7, 11) is 0. The molecule has 1 heterocycles. The second kappa shape index (κ2) is 2.06. The molecule has 0 unspecified atom stereocenters. The van der Waals surface area contributed by atoms with Crippen LogP contribution in [0.4, 0.5) is 8.78 Å². The Bertz CT molecular complexity index is 88.0. The second-order valence-electron chi connectivity index (χ2n) is 1.96. The summed E-state index contributed by atoms with van der Waals surface area (Å²) in [6.07, 6.45) is 0. The fourth-order valence-electron chi connectivity index (χ4n) is 0.692. The molecule has 0 aliphatic carbocycles. The maximum absolute atomic E-state index is 11.9. The predicted molar refractivity (Wildman–Crippen MR) is 35.4 cm³/mol. The minimum atomic E-state index is -2.38. The van der Waals surface area contributed by atoms with Gasteiger partial charge >= 0.3 is 0 Å². The molecule has 1 nitrogen and oxygen atoms in total. The lowest BCUT2D eigenvalue weighted by atomic mass is 10.2. The minimum absolute atomic E-state index is 0.0457. The molecule has 48 valence electrons. The maximum Gasteiger partial charge on any atom is 0.272 e. The largest absolute Gasteiger partial charge is 0.282 e. The van der Waals surface area contributed by atoms with Gasteiger partial charge in [0.25, 0.3) is 5.92 Å². The predicted octanol–water partition coefficient (Wildman–Crippen LogP) is 1.33. The van der Waals surface area contributed by atoms with E-state index in [0.717, 1.165) is 0 Å². The normalized spacial score (nSPS) is 27.4. The fraction of sp³-hybridized carbons (Fsp3) is 1.00. The summed E-state index contributed by atoms with van der Waals surface area (Å²) in [6.45, 7) is -0.0914. The van der Waals surface area contributed by atoms with Gasteiger partial charge in [0.05, 0.1) is 17.6 Å². The third-order valence-electron chi connectivity index (χ3n) is 1.08. The van der Waals surface area contributed by atoms with Crippen LogP contribution in [0.25, 0.3) is 0 Å². The van der Waals surface area contributed by atoms with Gasteiger partial charge in [-0.25, -0.2) is 8.78 Å². The lowest BCUT2D eigenvalue weighted by molar-refractivity contribution is -0.121. The monoisotopic (exact) mass is 233 g/mol. The topological polar surface area (TPSA) is 3.24 Å². The Balaban J connectivity index is 2.21.